The van der Waals surface area contributed by atoms with Gasteiger partial charge in [-0.05, 0) is 6.92 Å². The van der Waals surface area contributed by atoms with Crippen molar-refractivity contribution in [3.63, 3.8) is 0 Å². The standard InChI is InChI=1S/C11H12ClN5/c1-7-10(12)13-6-14-11(7)17-4-8-3-15-16(2)9(8)5-17/h3,6H,4-5H2,1-2H3. The summed E-state index contributed by atoms with van der Waals surface area (Å²) in [5, 5.41) is 4.76. The van der Waals surface area contributed by atoms with Crippen LogP contribution in [0.1, 0.15) is 16.8 Å². The molecule has 0 bridgehead atoms. The van der Waals surface area contributed by atoms with Gasteiger partial charge in [0, 0.05) is 24.7 Å². The van der Waals surface area contributed by atoms with Crippen molar-refractivity contribution in [3.05, 3.63) is 34.5 Å². The normalized spacial score (nSPS) is 14.2. The van der Waals surface area contributed by atoms with E-state index in [1.807, 2.05) is 24.9 Å². The number of anilines is 1. The van der Waals surface area contributed by atoms with Crippen LogP contribution in [0.15, 0.2) is 12.5 Å². The lowest BCUT2D eigenvalue weighted by Gasteiger charge is -2.18. The van der Waals surface area contributed by atoms with Gasteiger partial charge in [0.25, 0.3) is 0 Å². The number of hydrogen-bond acceptors (Lipinski definition) is 4. The van der Waals surface area contributed by atoms with E-state index in [0.29, 0.717) is 5.15 Å². The summed E-state index contributed by atoms with van der Waals surface area (Å²) in [6.45, 7) is 3.59. The zero-order valence-electron chi connectivity index (χ0n) is 9.68. The first-order valence-corrected chi connectivity index (χ1v) is 5.76. The molecule has 1 aliphatic heterocycles. The maximum atomic E-state index is 6.01. The number of fused-ring (bicyclic) bond motifs is 1. The summed E-state index contributed by atoms with van der Waals surface area (Å²) in [5.41, 5.74) is 3.41. The highest BCUT2D eigenvalue weighted by Gasteiger charge is 2.25. The summed E-state index contributed by atoms with van der Waals surface area (Å²) in [6.07, 6.45) is 3.42. The van der Waals surface area contributed by atoms with E-state index >= 15 is 0 Å². The van der Waals surface area contributed by atoms with E-state index < -0.39 is 0 Å². The molecule has 17 heavy (non-hydrogen) atoms. The maximum absolute atomic E-state index is 6.01. The minimum Gasteiger partial charge on any atom is -0.346 e. The van der Waals surface area contributed by atoms with Crippen molar-refractivity contribution >= 4 is 17.4 Å². The molecule has 1 aliphatic rings. The number of aryl methyl sites for hydroxylation is 1. The van der Waals surface area contributed by atoms with Gasteiger partial charge in [0.05, 0.1) is 18.4 Å². The Morgan fingerprint density at radius 3 is 2.88 bits per heavy atom. The Morgan fingerprint density at radius 1 is 1.29 bits per heavy atom. The summed E-state index contributed by atoms with van der Waals surface area (Å²) in [5.74, 6) is 0.904. The summed E-state index contributed by atoms with van der Waals surface area (Å²) < 4.78 is 1.91. The molecular weight excluding hydrogens is 238 g/mol. The van der Waals surface area contributed by atoms with E-state index in [-0.39, 0.29) is 0 Å². The van der Waals surface area contributed by atoms with E-state index in [1.165, 1.54) is 17.6 Å². The number of halogens is 1. The molecule has 0 N–H and O–H groups in total. The molecule has 0 aliphatic carbocycles. The fourth-order valence-electron chi connectivity index (χ4n) is 2.18. The third-order valence-corrected chi connectivity index (χ3v) is 3.53. The van der Waals surface area contributed by atoms with Crippen LogP contribution in [0.2, 0.25) is 5.15 Å². The molecule has 6 heteroatoms. The van der Waals surface area contributed by atoms with E-state index in [1.54, 1.807) is 0 Å². The molecule has 88 valence electrons. The molecular formula is C11H12ClN5. The van der Waals surface area contributed by atoms with Gasteiger partial charge in [0.15, 0.2) is 0 Å². The van der Waals surface area contributed by atoms with Gasteiger partial charge >= 0.3 is 0 Å². The lowest BCUT2D eigenvalue weighted by Crippen LogP contribution is -2.19. The SMILES string of the molecule is Cc1c(Cl)ncnc1N1Cc2cnn(C)c2C1. The van der Waals surface area contributed by atoms with Crippen molar-refractivity contribution < 1.29 is 0 Å². The average molecular weight is 250 g/mol. The second-order valence-electron chi connectivity index (χ2n) is 4.21. The van der Waals surface area contributed by atoms with Crippen LogP contribution in [0.3, 0.4) is 0 Å². The Labute approximate surface area is 104 Å². The van der Waals surface area contributed by atoms with Crippen molar-refractivity contribution in [1.82, 2.24) is 19.7 Å². The number of hydrogen-bond donors (Lipinski definition) is 0. The van der Waals surface area contributed by atoms with Crippen molar-refractivity contribution in [2.75, 3.05) is 4.90 Å². The third-order valence-electron chi connectivity index (χ3n) is 3.15. The van der Waals surface area contributed by atoms with Crippen LogP contribution in [0.25, 0.3) is 0 Å². The summed E-state index contributed by atoms with van der Waals surface area (Å²) in [4.78, 5) is 10.5. The fraction of sp³-hybridized carbons (Fsp3) is 0.364. The molecule has 3 heterocycles. The first kappa shape index (κ1) is 10.5. The molecule has 0 radical (unpaired) electrons. The lowest BCUT2D eigenvalue weighted by molar-refractivity contribution is 0.699. The summed E-state index contributed by atoms with van der Waals surface area (Å²) >= 11 is 6.01. The van der Waals surface area contributed by atoms with Gasteiger partial charge in [-0.1, -0.05) is 11.6 Å². The highest BCUT2D eigenvalue weighted by Crippen LogP contribution is 2.30. The first-order chi connectivity index (χ1) is 8.16. The highest BCUT2D eigenvalue weighted by atomic mass is 35.5. The van der Waals surface area contributed by atoms with Crippen molar-refractivity contribution in [2.24, 2.45) is 7.05 Å². The molecule has 2 aromatic heterocycles. The molecule has 0 spiro atoms. The Morgan fingerprint density at radius 2 is 2.12 bits per heavy atom. The van der Waals surface area contributed by atoms with Crippen LogP contribution in [0.4, 0.5) is 5.82 Å². The monoisotopic (exact) mass is 249 g/mol. The van der Waals surface area contributed by atoms with E-state index in [9.17, 15) is 0 Å². The lowest BCUT2D eigenvalue weighted by atomic mass is 10.3. The zero-order chi connectivity index (χ0) is 12.0. The Balaban J connectivity index is 1.96. The van der Waals surface area contributed by atoms with Crippen LogP contribution >= 0.6 is 11.6 Å². The molecule has 0 amide bonds. The second-order valence-corrected chi connectivity index (χ2v) is 4.57. The Kier molecular flexibility index (Phi) is 2.29. The molecule has 0 fully saturated rings. The predicted molar refractivity (Wildman–Crippen MR) is 64.9 cm³/mol. The molecule has 0 atom stereocenters. The van der Waals surface area contributed by atoms with Crippen LogP contribution in [0.5, 0.6) is 0 Å². The van der Waals surface area contributed by atoms with Gasteiger partial charge in [0.1, 0.15) is 17.3 Å². The van der Waals surface area contributed by atoms with E-state index in [0.717, 1.165) is 24.5 Å². The maximum Gasteiger partial charge on any atom is 0.137 e. The quantitative estimate of drug-likeness (QED) is 0.722. The van der Waals surface area contributed by atoms with Gasteiger partial charge in [-0.3, -0.25) is 4.68 Å². The average Bonchev–Trinajstić information content (AvgIpc) is 2.85. The van der Waals surface area contributed by atoms with Crippen LogP contribution < -0.4 is 4.90 Å². The third kappa shape index (κ3) is 1.58. The summed E-state index contributed by atoms with van der Waals surface area (Å²) in [7, 11) is 1.96. The molecule has 2 aromatic rings. The van der Waals surface area contributed by atoms with Gasteiger partial charge in [0.2, 0.25) is 0 Å². The van der Waals surface area contributed by atoms with Gasteiger partial charge in [-0.25, -0.2) is 9.97 Å². The van der Waals surface area contributed by atoms with Crippen molar-refractivity contribution in [3.8, 4) is 0 Å². The second kappa shape index (κ2) is 3.70. The number of rotatable bonds is 1. The van der Waals surface area contributed by atoms with Gasteiger partial charge < -0.3 is 4.90 Å². The molecule has 0 unspecified atom stereocenters. The highest BCUT2D eigenvalue weighted by molar-refractivity contribution is 6.30. The number of aromatic nitrogens is 4. The van der Waals surface area contributed by atoms with Crippen LogP contribution in [0, 0.1) is 6.92 Å². The van der Waals surface area contributed by atoms with Gasteiger partial charge in [-0.15, -0.1) is 0 Å². The zero-order valence-corrected chi connectivity index (χ0v) is 10.4. The van der Waals surface area contributed by atoms with E-state index in [4.69, 9.17) is 11.6 Å². The molecule has 0 saturated carbocycles. The van der Waals surface area contributed by atoms with E-state index in [2.05, 4.69) is 20.0 Å². The van der Waals surface area contributed by atoms with Crippen molar-refractivity contribution in [2.45, 2.75) is 20.0 Å². The molecule has 5 nitrogen and oxygen atoms in total. The van der Waals surface area contributed by atoms with Crippen molar-refractivity contribution in [1.29, 1.82) is 0 Å². The van der Waals surface area contributed by atoms with Crippen LogP contribution in [-0.2, 0) is 20.1 Å². The van der Waals surface area contributed by atoms with Crippen LogP contribution in [-0.4, -0.2) is 19.7 Å². The summed E-state index contributed by atoms with van der Waals surface area (Å²) in [6, 6.07) is 0. The molecule has 0 saturated heterocycles. The minimum atomic E-state index is 0.518. The molecule has 0 aromatic carbocycles. The molecule has 3 rings (SSSR count). The minimum absolute atomic E-state index is 0.518. The smallest absolute Gasteiger partial charge is 0.137 e. The predicted octanol–water partition coefficient (Wildman–Crippen LogP) is 1.69. The number of nitrogens with zero attached hydrogens (tertiary/aromatic N) is 5. The fourth-order valence-corrected chi connectivity index (χ4v) is 2.30. The topological polar surface area (TPSA) is 46.8 Å². The Bertz CT molecular complexity index is 577. The van der Waals surface area contributed by atoms with Gasteiger partial charge in [-0.2, -0.15) is 5.10 Å². The Hall–Kier alpha value is -1.62. The largest absolute Gasteiger partial charge is 0.346 e. The first-order valence-electron chi connectivity index (χ1n) is 5.38.